The number of hydrogen-bond donors (Lipinski definition) is 1. The van der Waals surface area contributed by atoms with E-state index in [0.29, 0.717) is 19.3 Å². The van der Waals surface area contributed by atoms with Crippen LogP contribution in [0.3, 0.4) is 0 Å². The maximum absolute atomic E-state index is 11.3. The summed E-state index contributed by atoms with van der Waals surface area (Å²) in [5.41, 5.74) is -0.721. The van der Waals surface area contributed by atoms with Crippen molar-refractivity contribution in [3.8, 4) is 0 Å². The summed E-state index contributed by atoms with van der Waals surface area (Å²) < 4.78 is 5.38. The lowest BCUT2D eigenvalue weighted by atomic mass is 9.80. The van der Waals surface area contributed by atoms with Crippen LogP contribution in [0.2, 0.25) is 0 Å². The Balaban J connectivity index is 2.75. The summed E-state index contributed by atoms with van der Waals surface area (Å²) in [5.74, 6) is -0.164. The van der Waals surface area contributed by atoms with Gasteiger partial charge in [0.1, 0.15) is 6.10 Å². The first-order valence-corrected chi connectivity index (χ1v) is 5.88. The van der Waals surface area contributed by atoms with Crippen molar-refractivity contribution in [3.05, 3.63) is 0 Å². The van der Waals surface area contributed by atoms with Crippen molar-refractivity contribution in [2.75, 3.05) is 0 Å². The zero-order valence-corrected chi connectivity index (χ0v) is 10.9. The minimum atomic E-state index is -0.361. The second kappa shape index (κ2) is 4.34. The molecule has 1 N–H and O–H groups in total. The van der Waals surface area contributed by atoms with E-state index in [1.165, 1.54) is 5.06 Å². The third-order valence-corrected chi connectivity index (χ3v) is 3.19. The Morgan fingerprint density at radius 3 is 2.12 bits per heavy atom. The third-order valence-electron chi connectivity index (χ3n) is 3.19. The number of rotatable bonds is 2. The molecule has 0 radical (unpaired) electrons. The number of carbonyl (C=O) groups is 1. The summed E-state index contributed by atoms with van der Waals surface area (Å²) in [6.45, 7) is 9.63. The monoisotopic (exact) mass is 229 g/mol. The molecule has 4 nitrogen and oxygen atoms in total. The summed E-state index contributed by atoms with van der Waals surface area (Å²) in [6, 6.07) is 0. The van der Waals surface area contributed by atoms with Gasteiger partial charge in [-0.1, -0.05) is 6.92 Å². The van der Waals surface area contributed by atoms with Gasteiger partial charge in [-0.2, -0.15) is 5.06 Å². The minimum absolute atomic E-state index is 0.0964. The van der Waals surface area contributed by atoms with Gasteiger partial charge in [-0.15, -0.1) is 0 Å². The van der Waals surface area contributed by atoms with Crippen LogP contribution in [-0.4, -0.2) is 33.4 Å². The standard InChI is InChI=1S/C12H23NO3/c1-6-10(14)16-9-7-11(2,3)13(15)12(4,5)8-9/h9,15H,6-8H2,1-5H3. The van der Waals surface area contributed by atoms with Crippen LogP contribution < -0.4 is 0 Å². The van der Waals surface area contributed by atoms with E-state index in [1.807, 2.05) is 27.7 Å². The Morgan fingerprint density at radius 1 is 1.31 bits per heavy atom. The second-order valence-corrected chi connectivity index (χ2v) is 5.81. The molecule has 16 heavy (non-hydrogen) atoms. The number of hydrogen-bond acceptors (Lipinski definition) is 4. The molecule has 0 spiro atoms. The Labute approximate surface area is 97.5 Å². The number of ether oxygens (including phenoxy) is 1. The highest BCUT2D eigenvalue weighted by Crippen LogP contribution is 2.37. The molecule has 1 aliphatic rings. The summed E-state index contributed by atoms with van der Waals surface area (Å²) >= 11 is 0. The predicted octanol–water partition coefficient (Wildman–Crippen LogP) is 2.35. The Hall–Kier alpha value is -0.610. The molecule has 0 saturated carbocycles. The van der Waals surface area contributed by atoms with Gasteiger partial charge < -0.3 is 9.94 Å². The van der Waals surface area contributed by atoms with Crippen molar-refractivity contribution in [2.24, 2.45) is 0 Å². The first-order valence-electron chi connectivity index (χ1n) is 5.88. The molecule has 94 valence electrons. The van der Waals surface area contributed by atoms with E-state index in [9.17, 15) is 10.0 Å². The lowest BCUT2D eigenvalue weighted by Crippen LogP contribution is -2.60. The Bertz CT molecular complexity index is 255. The van der Waals surface area contributed by atoms with Crippen LogP contribution in [0.25, 0.3) is 0 Å². The van der Waals surface area contributed by atoms with Crippen molar-refractivity contribution in [1.82, 2.24) is 5.06 Å². The van der Waals surface area contributed by atoms with Crippen LogP contribution in [0, 0.1) is 0 Å². The number of carbonyl (C=O) groups excluding carboxylic acids is 1. The molecule has 0 aromatic carbocycles. The number of esters is 1. The fraction of sp³-hybridized carbons (Fsp3) is 0.917. The zero-order valence-electron chi connectivity index (χ0n) is 10.9. The van der Waals surface area contributed by atoms with Gasteiger partial charge in [0.05, 0.1) is 0 Å². The molecule has 1 aliphatic heterocycles. The number of piperidine rings is 1. The van der Waals surface area contributed by atoms with E-state index in [-0.39, 0.29) is 23.2 Å². The molecular weight excluding hydrogens is 206 g/mol. The summed E-state index contributed by atoms with van der Waals surface area (Å²) in [6.07, 6.45) is 1.64. The van der Waals surface area contributed by atoms with Crippen LogP contribution in [0.1, 0.15) is 53.9 Å². The number of hydroxylamine groups is 2. The van der Waals surface area contributed by atoms with Gasteiger partial charge in [0, 0.05) is 30.3 Å². The van der Waals surface area contributed by atoms with Crippen molar-refractivity contribution in [3.63, 3.8) is 0 Å². The van der Waals surface area contributed by atoms with Crippen molar-refractivity contribution in [1.29, 1.82) is 0 Å². The highest BCUT2D eigenvalue weighted by atomic mass is 16.5. The van der Waals surface area contributed by atoms with Gasteiger partial charge >= 0.3 is 5.97 Å². The molecule has 1 saturated heterocycles. The largest absolute Gasteiger partial charge is 0.462 e. The lowest BCUT2D eigenvalue weighted by molar-refractivity contribution is -0.259. The molecule has 0 unspecified atom stereocenters. The van der Waals surface area contributed by atoms with Gasteiger partial charge in [0.2, 0.25) is 0 Å². The van der Waals surface area contributed by atoms with E-state index in [4.69, 9.17) is 4.74 Å². The summed E-state index contributed by atoms with van der Waals surface area (Å²) in [7, 11) is 0. The van der Waals surface area contributed by atoms with Crippen LogP contribution >= 0.6 is 0 Å². The SMILES string of the molecule is CCC(=O)OC1CC(C)(C)N(O)C(C)(C)C1. The van der Waals surface area contributed by atoms with Crippen molar-refractivity contribution in [2.45, 2.75) is 71.1 Å². The minimum Gasteiger partial charge on any atom is -0.462 e. The molecule has 0 amide bonds. The maximum atomic E-state index is 11.3. The third kappa shape index (κ3) is 2.74. The Kier molecular flexibility index (Phi) is 3.65. The summed E-state index contributed by atoms with van der Waals surface area (Å²) in [4.78, 5) is 11.3. The molecule has 0 bridgehead atoms. The van der Waals surface area contributed by atoms with E-state index in [1.54, 1.807) is 6.92 Å². The van der Waals surface area contributed by atoms with E-state index in [0.717, 1.165) is 0 Å². The molecule has 4 heteroatoms. The zero-order chi connectivity index (χ0) is 12.6. The average molecular weight is 229 g/mol. The molecule has 0 atom stereocenters. The van der Waals surface area contributed by atoms with Crippen LogP contribution in [0.15, 0.2) is 0 Å². The van der Waals surface area contributed by atoms with E-state index in [2.05, 4.69) is 0 Å². The predicted molar refractivity (Wildman–Crippen MR) is 61.2 cm³/mol. The molecule has 0 aromatic rings. The highest BCUT2D eigenvalue weighted by molar-refractivity contribution is 5.69. The quantitative estimate of drug-likeness (QED) is 0.738. The van der Waals surface area contributed by atoms with Crippen molar-refractivity contribution >= 4 is 5.97 Å². The lowest BCUT2D eigenvalue weighted by Gasteiger charge is -2.50. The second-order valence-electron chi connectivity index (χ2n) is 5.81. The average Bonchev–Trinajstić information content (AvgIpc) is 2.13. The molecule has 1 heterocycles. The van der Waals surface area contributed by atoms with Crippen LogP contribution in [0.5, 0.6) is 0 Å². The topological polar surface area (TPSA) is 49.8 Å². The molecule has 0 aromatic heterocycles. The fourth-order valence-electron chi connectivity index (χ4n) is 2.53. The van der Waals surface area contributed by atoms with Crippen LogP contribution in [-0.2, 0) is 9.53 Å². The normalized spacial score (nSPS) is 25.4. The maximum Gasteiger partial charge on any atom is 0.305 e. The van der Waals surface area contributed by atoms with Gasteiger partial charge in [0.15, 0.2) is 0 Å². The van der Waals surface area contributed by atoms with Crippen LogP contribution in [0.4, 0.5) is 0 Å². The molecule has 0 aliphatic carbocycles. The van der Waals surface area contributed by atoms with Crippen molar-refractivity contribution < 1.29 is 14.7 Å². The van der Waals surface area contributed by atoms with Gasteiger partial charge in [-0.05, 0) is 27.7 Å². The van der Waals surface area contributed by atoms with E-state index >= 15 is 0 Å². The van der Waals surface area contributed by atoms with E-state index < -0.39 is 0 Å². The highest BCUT2D eigenvalue weighted by Gasteiger charge is 2.46. The van der Waals surface area contributed by atoms with Gasteiger partial charge in [-0.25, -0.2) is 0 Å². The van der Waals surface area contributed by atoms with Gasteiger partial charge in [-0.3, -0.25) is 4.79 Å². The number of nitrogens with zero attached hydrogens (tertiary/aromatic N) is 1. The van der Waals surface area contributed by atoms with Gasteiger partial charge in [0.25, 0.3) is 0 Å². The molecular formula is C12H23NO3. The first kappa shape index (κ1) is 13.5. The first-order chi connectivity index (χ1) is 7.19. The summed E-state index contributed by atoms with van der Waals surface area (Å²) in [5, 5.41) is 11.5. The molecule has 1 rings (SSSR count). The molecule has 1 fully saturated rings. The smallest absolute Gasteiger partial charge is 0.305 e. The fourth-order valence-corrected chi connectivity index (χ4v) is 2.53. The Morgan fingerprint density at radius 2 is 1.75 bits per heavy atom.